The van der Waals surface area contributed by atoms with Crippen LogP contribution in [-0.4, -0.2) is 4.57 Å². The minimum atomic E-state index is 1.19. The van der Waals surface area contributed by atoms with Gasteiger partial charge in [0.1, 0.15) is 0 Å². The first kappa shape index (κ1) is 22.0. The number of fused-ring (bicyclic) bond motifs is 1. The molecule has 0 unspecified atom stereocenters. The Morgan fingerprint density at radius 1 is 0.704 bits per heavy atom. The summed E-state index contributed by atoms with van der Waals surface area (Å²) >= 11 is 0. The molecule has 0 amide bonds. The molecule has 0 fully saturated rings. The first-order valence-corrected chi connectivity index (χ1v) is 11.7. The van der Waals surface area contributed by atoms with E-state index < -0.39 is 0 Å². The summed E-state index contributed by atoms with van der Waals surface area (Å²) in [5.41, 5.74) is 2.70. The molecule has 1 aromatic heterocycles. The molecular weight excluding hydrogens is 328 g/mol. The standard InChI is InChI=1S/C25H43N2/c1-4-5-6-7-8-9-10-11-12-13-14-15-16-17-22-25-26(2)23-20-18-19-21-24(23)27(25)3/h18-21H,4-17,22H2,1-3H3/q+1. The smallest absolute Gasteiger partial charge is 0.230 e. The van der Waals surface area contributed by atoms with Crippen LogP contribution in [-0.2, 0) is 20.5 Å². The average Bonchev–Trinajstić information content (AvgIpc) is 2.93. The summed E-state index contributed by atoms with van der Waals surface area (Å²) in [4.78, 5) is 0. The Bertz CT molecular complexity index is 602. The monoisotopic (exact) mass is 371 g/mol. The summed E-state index contributed by atoms with van der Waals surface area (Å²) in [6, 6.07) is 8.73. The molecule has 0 atom stereocenters. The number of hydrogen-bond acceptors (Lipinski definition) is 0. The van der Waals surface area contributed by atoms with Crippen LogP contribution in [0.1, 0.15) is 103 Å². The zero-order chi connectivity index (χ0) is 19.3. The molecule has 2 rings (SSSR count). The molecule has 0 aliphatic carbocycles. The van der Waals surface area contributed by atoms with E-state index in [1.165, 1.54) is 113 Å². The minimum Gasteiger partial charge on any atom is -0.230 e. The van der Waals surface area contributed by atoms with Crippen molar-refractivity contribution in [1.82, 2.24) is 4.57 Å². The van der Waals surface area contributed by atoms with E-state index in [0.29, 0.717) is 0 Å². The highest BCUT2D eigenvalue weighted by molar-refractivity contribution is 5.72. The third kappa shape index (κ3) is 7.31. The molecule has 152 valence electrons. The van der Waals surface area contributed by atoms with Crippen LogP contribution in [0, 0.1) is 0 Å². The minimum absolute atomic E-state index is 1.19. The molecule has 1 aromatic carbocycles. The van der Waals surface area contributed by atoms with E-state index in [-0.39, 0.29) is 0 Å². The predicted octanol–water partition coefficient (Wildman–Crippen LogP) is 7.03. The molecule has 0 aliphatic rings. The van der Waals surface area contributed by atoms with Gasteiger partial charge < -0.3 is 0 Å². The van der Waals surface area contributed by atoms with Gasteiger partial charge in [-0.1, -0.05) is 103 Å². The molecular formula is C25H43N2+. The number of aromatic nitrogens is 2. The molecule has 2 aromatic rings. The van der Waals surface area contributed by atoms with Gasteiger partial charge in [-0.05, 0) is 18.6 Å². The second-order valence-corrected chi connectivity index (χ2v) is 8.37. The highest BCUT2D eigenvalue weighted by Crippen LogP contribution is 2.16. The fraction of sp³-hybridized carbons (Fsp3) is 0.720. The van der Waals surface area contributed by atoms with Crippen LogP contribution in [0.4, 0.5) is 0 Å². The first-order valence-electron chi connectivity index (χ1n) is 11.7. The first-order chi connectivity index (χ1) is 13.3. The van der Waals surface area contributed by atoms with Crippen molar-refractivity contribution in [2.24, 2.45) is 14.1 Å². The van der Waals surface area contributed by atoms with Gasteiger partial charge in [0.25, 0.3) is 5.82 Å². The van der Waals surface area contributed by atoms with Gasteiger partial charge in [0.05, 0.1) is 14.1 Å². The Balaban J connectivity index is 1.48. The molecule has 0 aliphatic heterocycles. The Morgan fingerprint density at radius 2 is 1.19 bits per heavy atom. The maximum Gasteiger partial charge on any atom is 0.256 e. The quantitative estimate of drug-likeness (QED) is 0.235. The third-order valence-electron chi connectivity index (χ3n) is 6.13. The Hall–Kier alpha value is -1.31. The van der Waals surface area contributed by atoms with Crippen LogP contribution in [0.25, 0.3) is 11.0 Å². The van der Waals surface area contributed by atoms with Gasteiger partial charge in [-0.25, -0.2) is 9.13 Å². The zero-order valence-corrected chi connectivity index (χ0v) is 18.3. The summed E-state index contributed by atoms with van der Waals surface area (Å²) in [5, 5.41) is 0. The van der Waals surface area contributed by atoms with Crippen molar-refractivity contribution < 1.29 is 4.57 Å². The fourth-order valence-corrected chi connectivity index (χ4v) is 4.35. The molecule has 0 saturated heterocycles. The SMILES string of the molecule is CCCCCCCCCCCCCCCCc1n(C)c2ccccc2[n+]1C. The molecule has 2 heteroatoms. The van der Waals surface area contributed by atoms with Crippen LogP contribution in [0.3, 0.4) is 0 Å². The number of rotatable bonds is 15. The second-order valence-electron chi connectivity index (χ2n) is 8.37. The van der Waals surface area contributed by atoms with Crippen LogP contribution >= 0.6 is 0 Å². The second kappa shape index (κ2) is 13.0. The molecule has 0 bridgehead atoms. The lowest BCUT2D eigenvalue weighted by Gasteiger charge is -2.03. The highest BCUT2D eigenvalue weighted by Gasteiger charge is 2.18. The normalized spacial score (nSPS) is 11.5. The Kier molecular flexibility index (Phi) is 10.6. The summed E-state index contributed by atoms with van der Waals surface area (Å²) in [6.45, 7) is 2.30. The van der Waals surface area contributed by atoms with Crippen LogP contribution < -0.4 is 4.57 Å². The van der Waals surface area contributed by atoms with Crippen LogP contribution in [0.2, 0.25) is 0 Å². The van der Waals surface area contributed by atoms with E-state index in [9.17, 15) is 0 Å². The molecule has 0 radical (unpaired) electrons. The fourth-order valence-electron chi connectivity index (χ4n) is 4.35. The van der Waals surface area contributed by atoms with Gasteiger partial charge >= 0.3 is 0 Å². The molecule has 0 saturated carbocycles. The summed E-state index contributed by atoms with van der Waals surface area (Å²) in [5.74, 6) is 1.45. The lowest BCUT2D eigenvalue weighted by atomic mass is 10.0. The molecule has 27 heavy (non-hydrogen) atoms. The summed E-state index contributed by atoms with van der Waals surface area (Å²) < 4.78 is 4.75. The topological polar surface area (TPSA) is 8.81 Å². The van der Waals surface area contributed by atoms with E-state index in [0.717, 1.165) is 0 Å². The van der Waals surface area contributed by atoms with Crippen molar-refractivity contribution in [3.8, 4) is 0 Å². The molecule has 2 nitrogen and oxygen atoms in total. The van der Waals surface area contributed by atoms with E-state index in [4.69, 9.17) is 0 Å². The van der Waals surface area contributed by atoms with Gasteiger partial charge in [0, 0.05) is 6.42 Å². The number of nitrogens with zero attached hydrogens (tertiary/aromatic N) is 2. The van der Waals surface area contributed by atoms with Crippen molar-refractivity contribution in [1.29, 1.82) is 0 Å². The lowest BCUT2D eigenvalue weighted by Crippen LogP contribution is -2.32. The Labute approximate surface area is 168 Å². The number of hydrogen-bond donors (Lipinski definition) is 0. The van der Waals surface area contributed by atoms with E-state index in [1.807, 2.05) is 0 Å². The Morgan fingerprint density at radius 3 is 1.70 bits per heavy atom. The van der Waals surface area contributed by atoms with Crippen molar-refractivity contribution in [3.05, 3.63) is 30.1 Å². The van der Waals surface area contributed by atoms with E-state index >= 15 is 0 Å². The van der Waals surface area contributed by atoms with Crippen molar-refractivity contribution in [2.75, 3.05) is 0 Å². The van der Waals surface area contributed by atoms with E-state index in [1.54, 1.807) is 0 Å². The summed E-state index contributed by atoms with van der Waals surface area (Å²) in [6.07, 6.45) is 21.2. The molecule has 0 N–H and O–H groups in total. The maximum atomic E-state index is 2.37. The number of aryl methyl sites for hydroxylation is 2. The molecule has 1 heterocycles. The van der Waals surface area contributed by atoms with Gasteiger partial charge in [0.2, 0.25) is 0 Å². The third-order valence-corrected chi connectivity index (χ3v) is 6.13. The van der Waals surface area contributed by atoms with Gasteiger partial charge in [-0.3, -0.25) is 0 Å². The predicted molar refractivity (Wildman–Crippen MR) is 118 cm³/mol. The molecule has 0 spiro atoms. The maximum absolute atomic E-state index is 2.37. The average molecular weight is 372 g/mol. The number of unbranched alkanes of at least 4 members (excludes halogenated alkanes) is 13. The van der Waals surface area contributed by atoms with E-state index in [2.05, 4.69) is 54.4 Å². The largest absolute Gasteiger partial charge is 0.256 e. The van der Waals surface area contributed by atoms with Gasteiger partial charge in [0.15, 0.2) is 11.0 Å². The van der Waals surface area contributed by atoms with Crippen LogP contribution in [0.15, 0.2) is 24.3 Å². The number of imidazole rings is 1. The van der Waals surface area contributed by atoms with Gasteiger partial charge in [-0.2, -0.15) is 0 Å². The van der Waals surface area contributed by atoms with Crippen LogP contribution in [0.5, 0.6) is 0 Å². The zero-order valence-electron chi connectivity index (χ0n) is 18.3. The van der Waals surface area contributed by atoms with Crippen molar-refractivity contribution in [3.63, 3.8) is 0 Å². The number of para-hydroxylation sites is 2. The number of benzene rings is 1. The van der Waals surface area contributed by atoms with Crippen molar-refractivity contribution in [2.45, 2.75) is 103 Å². The van der Waals surface area contributed by atoms with Crippen molar-refractivity contribution >= 4 is 11.0 Å². The lowest BCUT2D eigenvalue weighted by molar-refractivity contribution is -0.654. The highest BCUT2D eigenvalue weighted by atomic mass is 15.1. The summed E-state index contributed by atoms with van der Waals surface area (Å²) in [7, 11) is 4.42. The van der Waals surface area contributed by atoms with Gasteiger partial charge in [-0.15, -0.1) is 0 Å².